The minimum atomic E-state index is -0.0363. The zero-order valence-electron chi connectivity index (χ0n) is 8.39. The number of hydrazone groups is 1. The molecule has 0 spiro atoms. The summed E-state index contributed by atoms with van der Waals surface area (Å²) in [4.78, 5) is 0. The molecule has 0 heterocycles. The second-order valence-electron chi connectivity index (χ2n) is 2.94. The van der Waals surface area contributed by atoms with E-state index in [1.807, 2.05) is 0 Å². The minimum absolute atomic E-state index is 0.000983. The Morgan fingerprint density at radius 2 is 2.31 bits per heavy atom. The number of hydrogen-bond donors (Lipinski definition) is 4. The smallest absolute Gasteiger partial charge is 0.130 e. The maximum atomic E-state index is 9.59. The van der Waals surface area contributed by atoms with Crippen molar-refractivity contribution in [3.8, 4) is 5.75 Å². The van der Waals surface area contributed by atoms with Crippen LogP contribution in [-0.4, -0.2) is 23.0 Å². The number of nitrogens with one attached hydrogen (secondary N) is 1. The van der Waals surface area contributed by atoms with Crippen LogP contribution in [0, 0.1) is 5.41 Å². The number of anilines is 1. The average molecular weight is 242 g/mol. The van der Waals surface area contributed by atoms with Crippen molar-refractivity contribution in [3.63, 3.8) is 0 Å². The molecule has 0 radical (unpaired) electrons. The maximum Gasteiger partial charge on any atom is 0.130 e. The molecule has 0 atom stereocenters. The molecule has 16 heavy (non-hydrogen) atoms. The van der Waals surface area contributed by atoms with Crippen LogP contribution in [0.4, 0.5) is 5.69 Å². The molecule has 1 aromatic rings. The summed E-state index contributed by atoms with van der Waals surface area (Å²) < 4.78 is 0. The molecule has 7 heteroatoms. The van der Waals surface area contributed by atoms with Crippen LogP contribution in [0.25, 0.3) is 0 Å². The number of nitrogens with two attached hydrogens (primary N) is 2. The van der Waals surface area contributed by atoms with Gasteiger partial charge in [0.2, 0.25) is 0 Å². The monoisotopic (exact) mass is 241 g/mol. The average Bonchev–Trinajstić information content (AvgIpc) is 2.30. The summed E-state index contributed by atoms with van der Waals surface area (Å²) >= 11 is 5.50. The van der Waals surface area contributed by atoms with Gasteiger partial charge in [-0.1, -0.05) is 6.07 Å². The molecule has 6 nitrogen and oxygen atoms in total. The molecule has 0 aliphatic heterocycles. The van der Waals surface area contributed by atoms with Gasteiger partial charge in [0, 0.05) is 0 Å². The van der Waals surface area contributed by atoms with Crippen LogP contribution in [0.5, 0.6) is 5.75 Å². The summed E-state index contributed by atoms with van der Waals surface area (Å²) in [5, 5.41) is 21.5. The van der Waals surface area contributed by atoms with Crippen LogP contribution in [0.1, 0.15) is 5.56 Å². The third kappa shape index (κ3) is 2.41. The van der Waals surface area contributed by atoms with Gasteiger partial charge in [-0.2, -0.15) is 5.10 Å². The molecular formula is C9H12ClN5O. The lowest BCUT2D eigenvalue weighted by molar-refractivity contribution is 0.474. The topological polar surface area (TPSA) is 112 Å². The van der Waals surface area contributed by atoms with Gasteiger partial charge in [-0.3, -0.25) is 10.4 Å². The molecule has 0 unspecified atom stereocenters. The van der Waals surface area contributed by atoms with Crippen LogP contribution < -0.4 is 16.7 Å². The predicted molar refractivity (Wildman–Crippen MR) is 65.0 cm³/mol. The number of alkyl halides is 1. The Morgan fingerprint density at radius 3 is 2.88 bits per heavy atom. The molecule has 0 aliphatic carbocycles. The van der Waals surface area contributed by atoms with E-state index in [-0.39, 0.29) is 17.5 Å². The molecule has 0 aromatic heterocycles. The fourth-order valence-electron chi connectivity index (χ4n) is 1.17. The van der Waals surface area contributed by atoms with Crippen molar-refractivity contribution in [2.45, 2.75) is 0 Å². The van der Waals surface area contributed by atoms with Crippen molar-refractivity contribution in [3.05, 3.63) is 23.8 Å². The van der Waals surface area contributed by atoms with Gasteiger partial charge in [0.1, 0.15) is 11.6 Å². The van der Waals surface area contributed by atoms with Gasteiger partial charge < -0.3 is 10.9 Å². The highest BCUT2D eigenvalue weighted by Crippen LogP contribution is 2.25. The second kappa shape index (κ2) is 5.34. The van der Waals surface area contributed by atoms with Crippen LogP contribution in [0.15, 0.2) is 23.3 Å². The van der Waals surface area contributed by atoms with Crippen molar-refractivity contribution >= 4 is 29.3 Å². The Labute approximate surface area is 97.6 Å². The maximum absolute atomic E-state index is 9.59. The molecule has 86 valence electrons. The minimum Gasteiger partial charge on any atom is -0.507 e. The fraction of sp³-hybridized carbons (Fsp3) is 0.111. The normalized spacial score (nSPS) is 10.6. The second-order valence-corrected chi connectivity index (χ2v) is 3.21. The number of phenols is 1. The summed E-state index contributed by atoms with van der Waals surface area (Å²) in [5.41, 5.74) is 0.738. The van der Waals surface area contributed by atoms with Crippen molar-refractivity contribution in [1.82, 2.24) is 0 Å². The lowest BCUT2D eigenvalue weighted by Gasteiger charge is -2.20. The molecule has 1 aromatic carbocycles. The quantitative estimate of drug-likeness (QED) is 0.204. The largest absolute Gasteiger partial charge is 0.507 e. The summed E-state index contributed by atoms with van der Waals surface area (Å²) in [5.74, 6) is 10.6. The highest BCUT2D eigenvalue weighted by Gasteiger charge is 2.13. The number of rotatable bonds is 3. The molecule has 1 rings (SSSR count). The van der Waals surface area contributed by atoms with E-state index in [1.54, 1.807) is 12.1 Å². The molecule has 0 fully saturated rings. The first-order valence-corrected chi connectivity index (χ1v) is 4.88. The summed E-state index contributed by atoms with van der Waals surface area (Å²) in [7, 11) is 0. The van der Waals surface area contributed by atoms with Crippen LogP contribution >= 0.6 is 11.6 Å². The lowest BCUT2D eigenvalue weighted by atomic mass is 10.1. The van der Waals surface area contributed by atoms with Crippen LogP contribution in [0.2, 0.25) is 0 Å². The molecule has 6 N–H and O–H groups in total. The fourth-order valence-corrected chi connectivity index (χ4v) is 1.30. The van der Waals surface area contributed by atoms with Gasteiger partial charge >= 0.3 is 0 Å². The van der Waals surface area contributed by atoms with Gasteiger partial charge in [-0.15, -0.1) is 11.6 Å². The molecule has 0 aliphatic rings. The van der Waals surface area contributed by atoms with Crippen molar-refractivity contribution in [1.29, 1.82) is 5.41 Å². The van der Waals surface area contributed by atoms with E-state index in [0.717, 1.165) is 5.01 Å². The van der Waals surface area contributed by atoms with Crippen molar-refractivity contribution in [2.24, 2.45) is 16.8 Å². The first-order chi connectivity index (χ1) is 7.61. The Balaban J connectivity index is 3.22. The number of amidine groups is 1. The number of phenolic OH excluding ortho intramolecular Hbond substituents is 1. The zero-order chi connectivity index (χ0) is 12.1. The summed E-state index contributed by atoms with van der Waals surface area (Å²) in [6.45, 7) is 0. The van der Waals surface area contributed by atoms with E-state index in [2.05, 4.69) is 5.10 Å². The number of aromatic hydroxyl groups is 1. The SMILES string of the molecule is N=C(CCl)N(N)c1cccc(O)c1C=NN. The Morgan fingerprint density at radius 1 is 1.62 bits per heavy atom. The Bertz CT molecular complexity index is 420. The zero-order valence-corrected chi connectivity index (χ0v) is 9.15. The lowest BCUT2D eigenvalue weighted by Crippen LogP contribution is -2.38. The van der Waals surface area contributed by atoms with Gasteiger partial charge in [0.15, 0.2) is 0 Å². The van der Waals surface area contributed by atoms with Gasteiger partial charge in [0.05, 0.1) is 23.3 Å². The highest BCUT2D eigenvalue weighted by molar-refractivity contribution is 6.30. The van der Waals surface area contributed by atoms with Crippen LogP contribution in [-0.2, 0) is 0 Å². The van der Waals surface area contributed by atoms with E-state index in [4.69, 9.17) is 28.7 Å². The van der Waals surface area contributed by atoms with Gasteiger partial charge in [-0.05, 0) is 12.1 Å². The molecule has 0 amide bonds. The van der Waals surface area contributed by atoms with E-state index in [0.29, 0.717) is 11.3 Å². The third-order valence-electron chi connectivity index (χ3n) is 1.94. The highest BCUT2D eigenvalue weighted by atomic mass is 35.5. The van der Waals surface area contributed by atoms with Crippen molar-refractivity contribution in [2.75, 3.05) is 10.9 Å². The predicted octanol–water partition coefficient (Wildman–Crippen LogP) is 0.581. The number of nitrogens with zero attached hydrogens (tertiary/aromatic N) is 2. The number of hydrogen-bond acceptors (Lipinski definition) is 5. The van der Waals surface area contributed by atoms with E-state index in [1.165, 1.54) is 12.3 Å². The third-order valence-corrected chi connectivity index (χ3v) is 2.19. The summed E-state index contributed by atoms with van der Waals surface area (Å²) in [6, 6.07) is 4.69. The van der Waals surface area contributed by atoms with Gasteiger partial charge in [0.25, 0.3) is 0 Å². The number of benzene rings is 1. The standard InChI is InChI=1S/C9H12ClN5O/c10-4-9(11)15(13)7-2-1-3-8(16)6(7)5-14-12/h1-3,5,11,16H,4,12-13H2. The molecular weight excluding hydrogens is 230 g/mol. The Kier molecular flexibility index (Phi) is 4.10. The van der Waals surface area contributed by atoms with E-state index < -0.39 is 0 Å². The molecule has 0 saturated heterocycles. The first kappa shape index (κ1) is 12.3. The molecule has 0 saturated carbocycles. The number of hydrazine groups is 1. The van der Waals surface area contributed by atoms with Gasteiger partial charge in [-0.25, -0.2) is 5.84 Å². The summed E-state index contributed by atoms with van der Waals surface area (Å²) in [6.07, 6.45) is 1.26. The number of halogens is 1. The molecule has 0 bridgehead atoms. The van der Waals surface area contributed by atoms with Crippen molar-refractivity contribution < 1.29 is 5.11 Å². The van der Waals surface area contributed by atoms with E-state index in [9.17, 15) is 5.11 Å². The Hall–Kier alpha value is -1.79. The first-order valence-electron chi connectivity index (χ1n) is 4.35. The van der Waals surface area contributed by atoms with E-state index >= 15 is 0 Å². The van der Waals surface area contributed by atoms with Crippen LogP contribution in [0.3, 0.4) is 0 Å².